The van der Waals surface area contributed by atoms with Gasteiger partial charge in [-0.2, -0.15) is 11.8 Å². The van der Waals surface area contributed by atoms with Gasteiger partial charge in [0.25, 0.3) is 0 Å². The molecule has 7 amide bonds. The van der Waals surface area contributed by atoms with Gasteiger partial charge in [-0.05, 0) is 70.3 Å². The summed E-state index contributed by atoms with van der Waals surface area (Å²) < 4.78 is 0. The number of carbonyl (C=O) groups excluding carboxylic acids is 8. The summed E-state index contributed by atoms with van der Waals surface area (Å²) in [6.45, 7) is 0.108. The number of amides is 7. The zero-order chi connectivity index (χ0) is 47.6. The maximum atomic E-state index is 14.0. The van der Waals surface area contributed by atoms with Crippen LogP contribution in [0.25, 0.3) is 0 Å². The van der Waals surface area contributed by atoms with Gasteiger partial charge in [-0.15, -0.1) is 0 Å². The molecule has 0 aromatic carbocycles. The molecule has 0 aromatic heterocycles. The monoisotopic (exact) mass is 916 g/mol. The number of aldehydes is 1. The molecule has 1 aliphatic heterocycles. The van der Waals surface area contributed by atoms with Crippen molar-refractivity contribution < 1.29 is 58.5 Å². The Morgan fingerprint density at radius 3 is 1.86 bits per heavy atom. The van der Waals surface area contributed by atoms with Gasteiger partial charge in [0.2, 0.25) is 41.4 Å². The van der Waals surface area contributed by atoms with Crippen molar-refractivity contribution in [2.24, 2.45) is 38.7 Å². The van der Waals surface area contributed by atoms with E-state index in [2.05, 4.69) is 41.9 Å². The van der Waals surface area contributed by atoms with Crippen LogP contribution in [0.1, 0.15) is 64.7 Å². The molecule has 0 spiro atoms. The number of aliphatic carboxylic acids is 1. The number of nitrogens with zero attached hydrogens (tertiary/aromatic N) is 3. The summed E-state index contributed by atoms with van der Waals surface area (Å²) in [5.74, 6) is -7.51. The second-order valence-corrected chi connectivity index (χ2v) is 15.5. The molecule has 1 saturated heterocycles. The number of nitrogens with one attached hydrogen (secondary N) is 6. The number of aliphatic imine (C=N–C) groups is 2. The van der Waals surface area contributed by atoms with Crippen molar-refractivity contribution >= 4 is 77.3 Å². The molecule has 356 valence electrons. The van der Waals surface area contributed by atoms with Gasteiger partial charge < -0.3 is 85.6 Å². The van der Waals surface area contributed by atoms with Gasteiger partial charge in [0, 0.05) is 26.1 Å². The lowest BCUT2D eigenvalue weighted by Crippen LogP contribution is -2.61. The Morgan fingerprint density at radius 1 is 0.778 bits per heavy atom. The third-order valence-electron chi connectivity index (χ3n) is 9.46. The van der Waals surface area contributed by atoms with Crippen LogP contribution in [0.15, 0.2) is 9.98 Å². The van der Waals surface area contributed by atoms with E-state index in [0.717, 1.165) is 11.8 Å². The quantitative estimate of drug-likeness (QED) is 0.0138. The molecule has 0 bridgehead atoms. The standard InChI is InChI=1S/C36H64N14O12S/c1-19(53)28(33(61)48-23(9-10-27(55)56)34(62)50-14-5-8-25(50)32(60)44-20(17-51)6-3-12-42-35(38)39)49-30(58)21(7-4-13-43-36(40)41)46-29(57)22(11-15-63-2)47-31(59)24(18-52)45-26(54)16-37/h17,19-25,28,52-53H,3-16,18,37H2,1-2H3,(H,44,60)(H,45,54)(H,46,57)(H,47,59)(H,48,61)(H,49,58)(H,55,56)(H4,38,39,42)(H4,40,41,43)/t19-,20+,21+,22+,23+,24+,25+,28+/m1/s1. The predicted octanol–water partition coefficient (Wildman–Crippen LogP) is -6.86. The molecule has 26 nitrogen and oxygen atoms in total. The highest BCUT2D eigenvalue weighted by molar-refractivity contribution is 7.98. The largest absolute Gasteiger partial charge is 0.481 e. The van der Waals surface area contributed by atoms with Gasteiger partial charge in [0.1, 0.15) is 42.5 Å². The van der Waals surface area contributed by atoms with Crippen molar-refractivity contribution in [3.05, 3.63) is 0 Å². The van der Waals surface area contributed by atoms with E-state index < -0.39 is 122 Å². The van der Waals surface area contributed by atoms with Crippen LogP contribution >= 0.6 is 11.8 Å². The molecule has 0 unspecified atom stereocenters. The Hall–Kier alpha value is -5.80. The van der Waals surface area contributed by atoms with Gasteiger partial charge in [-0.25, -0.2) is 0 Å². The fourth-order valence-corrected chi connectivity index (χ4v) is 6.66. The fraction of sp³-hybridized carbons (Fsp3) is 0.694. The van der Waals surface area contributed by atoms with E-state index in [0.29, 0.717) is 24.9 Å². The van der Waals surface area contributed by atoms with Gasteiger partial charge in [0.05, 0.1) is 25.3 Å². The van der Waals surface area contributed by atoms with E-state index >= 15 is 0 Å². The number of nitrogens with two attached hydrogens (primary N) is 5. The third kappa shape index (κ3) is 20.7. The van der Waals surface area contributed by atoms with E-state index in [-0.39, 0.29) is 63.7 Å². The maximum absolute atomic E-state index is 14.0. The minimum Gasteiger partial charge on any atom is -0.481 e. The molecule has 1 rings (SSSR count). The minimum absolute atomic E-state index is 0.00603. The van der Waals surface area contributed by atoms with Crippen LogP contribution in [0.4, 0.5) is 0 Å². The molecule has 63 heavy (non-hydrogen) atoms. The van der Waals surface area contributed by atoms with Crippen molar-refractivity contribution in [2.75, 3.05) is 44.8 Å². The number of hydrogen-bond donors (Lipinski definition) is 14. The maximum Gasteiger partial charge on any atom is 0.303 e. The first-order valence-electron chi connectivity index (χ1n) is 20.2. The van der Waals surface area contributed by atoms with Crippen LogP contribution in [-0.2, 0) is 43.2 Å². The highest BCUT2D eigenvalue weighted by Gasteiger charge is 2.40. The van der Waals surface area contributed by atoms with Gasteiger partial charge in [-0.3, -0.25) is 48.3 Å². The van der Waals surface area contributed by atoms with Crippen LogP contribution in [0.2, 0.25) is 0 Å². The van der Waals surface area contributed by atoms with E-state index in [1.807, 2.05) is 0 Å². The Bertz CT molecular complexity index is 1630. The number of carboxylic acids is 1. The van der Waals surface area contributed by atoms with Crippen molar-refractivity contribution in [3.63, 3.8) is 0 Å². The number of hydrogen-bond acceptors (Lipinski definition) is 15. The van der Waals surface area contributed by atoms with E-state index in [4.69, 9.17) is 28.7 Å². The van der Waals surface area contributed by atoms with Gasteiger partial charge in [-0.1, -0.05) is 0 Å². The van der Waals surface area contributed by atoms with Crippen molar-refractivity contribution in [1.82, 2.24) is 36.8 Å². The van der Waals surface area contributed by atoms with E-state index in [1.54, 1.807) is 6.26 Å². The Labute approximate surface area is 368 Å². The van der Waals surface area contributed by atoms with Crippen LogP contribution in [-0.4, -0.2) is 179 Å². The summed E-state index contributed by atoms with van der Waals surface area (Å²) in [5.41, 5.74) is 26.8. The summed E-state index contributed by atoms with van der Waals surface area (Å²) in [6.07, 6.45) is 0.656. The molecular formula is C36H64N14O12S. The topological polar surface area (TPSA) is 445 Å². The molecular weight excluding hydrogens is 853 g/mol. The first kappa shape index (κ1) is 55.2. The number of aliphatic hydroxyl groups is 2. The van der Waals surface area contributed by atoms with E-state index in [9.17, 15) is 58.5 Å². The van der Waals surface area contributed by atoms with Crippen LogP contribution < -0.4 is 60.6 Å². The molecule has 0 aromatic rings. The lowest BCUT2D eigenvalue weighted by Gasteiger charge is -2.31. The number of aliphatic hydroxyl groups excluding tert-OH is 2. The first-order chi connectivity index (χ1) is 29.8. The molecule has 1 fully saturated rings. The molecule has 1 aliphatic rings. The Kier molecular flexibility index (Phi) is 25.8. The number of carboxylic acid groups (broad SMARTS) is 1. The van der Waals surface area contributed by atoms with Gasteiger partial charge in [0.15, 0.2) is 11.9 Å². The fourth-order valence-electron chi connectivity index (χ4n) is 6.19. The zero-order valence-corrected chi connectivity index (χ0v) is 36.3. The molecule has 27 heteroatoms. The van der Waals surface area contributed by atoms with E-state index in [1.165, 1.54) is 11.8 Å². The Morgan fingerprint density at radius 2 is 1.33 bits per heavy atom. The molecule has 0 radical (unpaired) electrons. The average molecular weight is 917 g/mol. The first-order valence-corrected chi connectivity index (χ1v) is 21.6. The summed E-state index contributed by atoms with van der Waals surface area (Å²) in [5, 5.41) is 44.4. The summed E-state index contributed by atoms with van der Waals surface area (Å²) in [4.78, 5) is 125. The molecule has 0 saturated carbocycles. The van der Waals surface area contributed by atoms with Crippen LogP contribution in [0, 0.1) is 0 Å². The number of guanidine groups is 2. The lowest BCUT2D eigenvalue weighted by atomic mass is 10.0. The lowest BCUT2D eigenvalue weighted by molar-refractivity contribution is -0.144. The predicted molar refractivity (Wildman–Crippen MR) is 230 cm³/mol. The minimum atomic E-state index is -1.79. The van der Waals surface area contributed by atoms with Crippen LogP contribution in [0.5, 0.6) is 0 Å². The third-order valence-corrected chi connectivity index (χ3v) is 10.1. The molecule has 19 N–H and O–H groups in total. The highest BCUT2D eigenvalue weighted by Crippen LogP contribution is 2.20. The summed E-state index contributed by atoms with van der Waals surface area (Å²) >= 11 is 1.33. The Balaban J connectivity index is 3.34. The second-order valence-electron chi connectivity index (χ2n) is 14.5. The molecule has 8 atom stereocenters. The summed E-state index contributed by atoms with van der Waals surface area (Å²) in [6, 6.07) is -9.57. The average Bonchev–Trinajstić information content (AvgIpc) is 3.73. The second kappa shape index (κ2) is 29.5. The smallest absolute Gasteiger partial charge is 0.303 e. The molecule has 0 aliphatic carbocycles. The number of carbonyl (C=O) groups is 9. The van der Waals surface area contributed by atoms with Crippen molar-refractivity contribution in [3.8, 4) is 0 Å². The van der Waals surface area contributed by atoms with Crippen molar-refractivity contribution in [1.29, 1.82) is 0 Å². The number of rotatable bonds is 30. The zero-order valence-electron chi connectivity index (χ0n) is 35.5. The van der Waals surface area contributed by atoms with Gasteiger partial charge >= 0.3 is 5.97 Å². The molecule has 1 heterocycles. The highest BCUT2D eigenvalue weighted by atomic mass is 32.2. The SMILES string of the molecule is CSCC[C@H](NC(=O)[C@H](CO)NC(=O)CN)C(=O)N[C@@H](CCCN=C(N)N)C(=O)N[C@H](C(=O)N[C@@H](CCC(=O)O)C(=O)N1CCC[C@H]1C(=O)N[C@H](C=O)CCCN=C(N)N)[C@@H](C)O. The normalized spacial score (nSPS) is 16.6. The van der Waals surface area contributed by atoms with Crippen molar-refractivity contribution in [2.45, 2.75) is 113 Å². The van der Waals surface area contributed by atoms with Crippen LogP contribution in [0.3, 0.4) is 0 Å². The summed E-state index contributed by atoms with van der Waals surface area (Å²) in [7, 11) is 0. The number of thioether (sulfide) groups is 1. The number of likely N-dealkylation sites (tertiary alicyclic amines) is 1.